The van der Waals surface area contributed by atoms with Crippen LogP contribution in [0.1, 0.15) is 25.3 Å². The molecule has 0 bridgehead atoms. The van der Waals surface area contributed by atoms with Gasteiger partial charge in [-0.05, 0) is 41.3 Å². The van der Waals surface area contributed by atoms with Crippen LogP contribution in [0.5, 0.6) is 5.75 Å². The van der Waals surface area contributed by atoms with Crippen LogP contribution >= 0.6 is 11.6 Å². The summed E-state index contributed by atoms with van der Waals surface area (Å²) in [5.74, 6) is 0.257. The molecule has 0 aliphatic heterocycles. The van der Waals surface area contributed by atoms with Crippen LogP contribution in [0.4, 0.5) is 11.4 Å². The van der Waals surface area contributed by atoms with E-state index in [2.05, 4.69) is 10.0 Å². The Balaban J connectivity index is 1.77. The van der Waals surface area contributed by atoms with E-state index in [-0.39, 0.29) is 23.2 Å². The largest absolute Gasteiger partial charge is 0.495 e. The molecule has 150 valence electrons. The van der Waals surface area contributed by atoms with Gasteiger partial charge >= 0.3 is 0 Å². The Morgan fingerprint density at radius 1 is 1.14 bits per heavy atom. The number of amides is 1. The van der Waals surface area contributed by atoms with Crippen molar-refractivity contribution in [2.75, 3.05) is 23.4 Å². The zero-order chi connectivity index (χ0) is 20.7. The monoisotopic (exact) mass is 422 g/mol. The summed E-state index contributed by atoms with van der Waals surface area (Å²) in [6.07, 6.45) is 1.11. The van der Waals surface area contributed by atoms with Gasteiger partial charge in [0, 0.05) is 16.6 Å². The van der Waals surface area contributed by atoms with Gasteiger partial charge in [0.25, 0.3) is 0 Å². The zero-order valence-electron chi connectivity index (χ0n) is 16.1. The Bertz CT molecular complexity index is 1000. The molecule has 2 aromatic carbocycles. The third-order valence-corrected chi connectivity index (χ3v) is 5.94. The molecule has 3 rings (SSSR count). The molecule has 1 aliphatic carbocycles. The van der Waals surface area contributed by atoms with Gasteiger partial charge in [0.15, 0.2) is 0 Å². The Morgan fingerprint density at radius 3 is 2.36 bits per heavy atom. The highest BCUT2D eigenvalue weighted by atomic mass is 35.5. The lowest BCUT2D eigenvalue weighted by Crippen LogP contribution is -2.17. The fraction of sp³-hybridized carbons (Fsp3) is 0.350. The maximum atomic E-state index is 12.9. The van der Waals surface area contributed by atoms with Crippen LogP contribution in [0.3, 0.4) is 0 Å². The minimum absolute atomic E-state index is 0.0324. The number of hydrogen-bond acceptors (Lipinski definition) is 4. The van der Waals surface area contributed by atoms with Gasteiger partial charge in [-0.2, -0.15) is 0 Å². The van der Waals surface area contributed by atoms with Crippen molar-refractivity contribution in [3.8, 4) is 5.75 Å². The molecular weight excluding hydrogens is 400 g/mol. The first-order valence-electron chi connectivity index (χ1n) is 8.75. The fourth-order valence-corrected chi connectivity index (χ4v) is 4.45. The van der Waals surface area contributed by atoms with Crippen LogP contribution in [-0.2, 0) is 14.8 Å². The smallest absolute Gasteiger partial charge is 0.229 e. The van der Waals surface area contributed by atoms with Gasteiger partial charge in [0.05, 0.1) is 25.0 Å². The highest BCUT2D eigenvalue weighted by Gasteiger charge is 2.62. The highest BCUT2D eigenvalue weighted by molar-refractivity contribution is 7.92. The van der Waals surface area contributed by atoms with Crippen molar-refractivity contribution < 1.29 is 17.9 Å². The summed E-state index contributed by atoms with van der Waals surface area (Å²) in [5, 5.41) is 3.43. The molecular formula is C20H23ClN2O4S. The summed E-state index contributed by atoms with van der Waals surface area (Å²) in [6, 6.07) is 12.2. The third-order valence-electron chi connectivity index (χ3n) is 5.10. The van der Waals surface area contributed by atoms with Gasteiger partial charge < -0.3 is 10.1 Å². The third kappa shape index (κ3) is 4.25. The molecule has 2 N–H and O–H groups in total. The van der Waals surface area contributed by atoms with Crippen molar-refractivity contribution in [1.29, 1.82) is 0 Å². The molecule has 0 aromatic heterocycles. The van der Waals surface area contributed by atoms with Crippen molar-refractivity contribution in [2.24, 2.45) is 11.3 Å². The van der Waals surface area contributed by atoms with Gasteiger partial charge in [-0.3, -0.25) is 9.52 Å². The van der Waals surface area contributed by atoms with Crippen molar-refractivity contribution in [2.45, 2.75) is 19.8 Å². The van der Waals surface area contributed by atoms with E-state index in [1.807, 2.05) is 26.0 Å². The van der Waals surface area contributed by atoms with Crippen molar-refractivity contribution in [1.82, 2.24) is 0 Å². The average molecular weight is 423 g/mol. The number of ether oxygens (including phenoxy) is 1. The number of rotatable bonds is 6. The first kappa shape index (κ1) is 20.5. The molecule has 0 heterocycles. The number of methoxy groups -OCH3 is 1. The lowest BCUT2D eigenvalue weighted by atomic mass is 10.0. The number of hydrogen-bond donors (Lipinski definition) is 2. The van der Waals surface area contributed by atoms with Crippen LogP contribution in [0, 0.1) is 11.3 Å². The second-order valence-corrected chi connectivity index (χ2v) is 9.79. The van der Waals surface area contributed by atoms with Gasteiger partial charge in [0.1, 0.15) is 5.75 Å². The fourth-order valence-electron chi connectivity index (χ4n) is 3.71. The van der Waals surface area contributed by atoms with Crippen molar-refractivity contribution in [3.05, 3.63) is 53.1 Å². The summed E-state index contributed by atoms with van der Waals surface area (Å²) in [4.78, 5) is 12.9. The number of carbonyl (C=O) groups excluding carboxylic acids is 1. The highest BCUT2D eigenvalue weighted by Crippen LogP contribution is 2.64. The van der Waals surface area contributed by atoms with E-state index >= 15 is 0 Å². The van der Waals surface area contributed by atoms with Gasteiger partial charge in [-0.25, -0.2) is 8.42 Å². The van der Waals surface area contributed by atoms with Crippen LogP contribution < -0.4 is 14.8 Å². The maximum Gasteiger partial charge on any atom is 0.229 e. The van der Waals surface area contributed by atoms with E-state index in [1.165, 1.54) is 7.11 Å². The van der Waals surface area contributed by atoms with Gasteiger partial charge in [0.2, 0.25) is 15.9 Å². The van der Waals surface area contributed by atoms with E-state index in [0.29, 0.717) is 22.1 Å². The first-order chi connectivity index (χ1) is 13.0. The van der Waals surface area contributed by atoms with E-state index in [1.54, 1.807) is 30.3 Å². The summed E-state index contributed by atoms with van der Waals surface area (Å²) >= 11 is 6.04. The number of sulfonamides is 1. The van der Waals surface area contributed by atoms with Crippen LogP contribution in [0.25, 0.3) is 0 Å². The SMILES string of the molecule is COc1ccc(Cl)cc1NC(=O)[C@@H]1[C@@H](c2ccc(NS(C)(=O)=O)cc2)C1(C)C. The maximum absolute atomic E-state index is 12.9. The first-order valence-corrected chi connectivity index (χ1v) is 11.0. The molecule has 0 unspecified atom stereocenters. The Labute approximate surface area is 170 Å². The van der Waals surface area contributed by atoms with E-state index in [9.17, 15) is 13.2 Å². The number of nitrogens with one attached hydrogen (secondary N) is 2. The standard InChI is InChI=1S/C20H23ClN2O4S/c1-20(2)17(12-5-8-14(9-6-12)23-28(4,25)26)18(20)19(24)22-15-11-13(21)7-10-16(15)27-3/h5-11,17-18,23H,1-4H3,(H,22,24)/t17-,18+/m1/s1. The van der Waals surface area contributed by atoms with Crippen molar-refractivity contribution in [3.63, 3.8) is 0 Å². The Kier molecular flexibility index (Phi) is 5.34. The van der Waals surface area contributed by atoms with E-state index in [4.69, 9.17) is 16.3 Å². The predicted octanol–water partition coefficient (Wildman–Crippen LogP) is 4.10. The van der Waals surface area contributed by atoms with Crippen molar-refractivity contribution >= 4 is 38.9 Å². The lowest BCUT2D eigenvalue weighted by molar-refractivity contribution is -0.118. The summed E-state index contributed by atoms with van der Waals surface area (Å²) < 4.78 is 30.4. The Hall–Kier alpha value is -2.25. The molecule has 1 saturated carbocycles. The van der Waals surface area contributed by atoms with Crippen LogP contribution in [0.15, 0.2) is 42.5 Å². The molecule has 1 aliphatic rings. The zero-order valence-corrected chi connectivity index (χ0v) is 17.7. The quantitative estimate of drug-likeness (QED) is 0.734. The van der Waals surface area contributed by atoms with Crippen LogP contribution in [-0.4, -0.2) is 27.7 Å². The molecule has 6 nitrogen and oxygen atoms in total. The number of anilines is 2. The summed E-state index contributed by atoms with van der Waals surface area (Å²) in [7, 11) is -1.79. The predicted molar refractivity (Wildman–Crippen MR) is 112 cm³/mol. The minimum Gasteiger partial charge on any atom is -0.495 e. The summed E-state index contributed by atoms with van der Waals surface area (Å²) in [5.41, 5.74) is 1.80. The molecule has 2 atom stereocenters. The summed E-state index contributed by atoms with van der Waals surface area (Å²) in [6.45, 7) is 4.08. The van der Waals surface area contributed by atoms with E-state index < -0.39 is 10.0 Å². The van der Waals surface area contributed by atoms with E-state index in [0.717, 1.165) is 11.8 Å². The topological polar surface area (TPSA) is 84.5 Å². The molecule has 0 saturated heterocycles. The molecule has 8 heteroatoms. The number of halogens is 1. The van der Waals surface area contributed by atoms with Gasteiger partial charge in [-0.1, -0.05) is 37.6 Å². The molecule has 1 fully saturated rings. The molecule has 0 radical (unpaired) electrons. The van der Waals surface area contributed by atoms with Gasteiger partial charge in [-0.15, -0.1) is 0 Å². The molecule has 28 heavy (non-hydrogen) atoms. The molecule has 0 spiro atoms. The number of benzene rings is 2. The normalized spacial score (nSPS) is 20.3. The molecule has 1 amide bonds. The molecule has 2 aromatic rings. The second kappa shape index (κ2) is 7.29. The lowest BCUT2D eigenvalue weighted by Gasteiger charge is -2.11. The second-order valence-electron chi connectivity index (χ2n) is 7.61. The number of carbonyl (C=O) groups is 1. The minimum atomic E-state index is -3.32. The average Bonchev–Trinajstić information content (AvgIpc) is 3.17. The van der Waals surface area contributed by atoms with Crippen LogP contribution in [0.2, 0.25) is 5.02 Å². The Morgan fingerprint density at radius 2 is 1.79 bits per heavy atom.